The molecule has 2 aromatic heterocycles. The van der Waals surface area contributed by atoms with Crippen LogP contribution < -0.4 is 10.1 Å². The van der Waals surface area contributed by atoms with Crippen LogP contribution in [0, 0.1) is 6.92 Å². The summed E-state index contributed by atoms with van der Waals surface area (Å²) in [5.74, 6) is 1.81. The molecule has 3 rings (SSSR count). The number of anilines is 1. The fraction of sp³-hybridized carbons (Fsp3) is 0.375. The third kappa shape index (κ3) is 2.77. The van der Waals surface area contributed by atoms with Crippen molar-refractivity contribution < 1.29 is 13.9 Å². The Morgan fingerprint density at radius 1 is 1.45 bits per heavy atom. The van der Waals surface area contributed by atoms with Crippen molar-refractivity contribution >= 4 is 11.8 Å². The maximum absolute atomic E-state index is 12.6. The van der Waals surface area contributed by atoms with Crippen LogP contribution in [0.5, 0.6) is 5.75 Å². The van der Waals surface area contributed by atoms with Gasteiger partial charge in [-0.1, -0.05) is 0 Å². The van der Waals surface area contributed by atoms with E-state index < -0.39 is 0 Å². The minimum absolute atomic E-state index is 0.0224. The summed E-state index contributed by atoms with van der Waals surface area (Å²) in [5, 5.41) is 2.85. The number of methoxy groups -OCH3 is 1. The number of pyridine rings is 1. The van der Waals surface area contributed by atoms with Crippen LogP contribution in [-0.2, 0) is 0 Å². The molecule has 2 amide bonds. The summed E-state index contributed by atoms with van der Waals surface area (Å²) in [5.41, 5.74) is 0.820. The van der Waals surface area contributed by atoms with Crippen LogP contribution in [0.2, 0.25) is 0 Å². The normalized spacial score (nSPS) is 17.5. The number of aromatic nitrogens is 1. The lowest BCUT2D eigenvalue weighted by atomic mass is 10.2. The van der Waals surface area contributed by atoms with E-state index in [4.69, 9.17) is 9.15 Å². The third-order valence-electron chi connectivity index (χ3n) is 3.83. The van der Waals surface area contributed by atoms with Gasteiger partial charge in [-0.05, 0) is 44.0 Å². The van der Waals surface area contributed by atoms with Gasteiger partial charge >= 0.3 is 6.03 Å². The summed E-state index contributed by atoms with van der Waals surface area (Å²) in [7, 11) is 1.56. The summed E-state index contributed by atoms with van der Waals surface area (Å²) in [6.07, 6.45) is 3.49. The highest BCUT2D eigenvalue weighted by Crippen LogP contribution is 2.33. The van der Waals surface area contributed by atoms with Crippen molar-refractivity contribution in [2.45, 2.75) is 25.8 Å². The fourth-order valence-electron chi connectivity index (χ4n) is 2.76. The average molecular weight is 301 g/mol. The largest absolute Gasteiger partial charge is 0.493 e. The van der Waals surface area contributed by atoms with Crippen molar-refractivity contribution in [1.29, 1.82) is 0 Å². The van der Waals surface area contributed by atoms with E-state index in [2.05, 4.69) is 10.3 Å². The Morgan fingerprint density at radius 2 is 2.32 bits per heavy atom. The van der Waals surface area contributed by atoms with Gasteiger partial charge in [-0.2, -0.15) is 0 Å². The molecule has 6 nitrogen and oxygen atoms in total. The molecule has 3 heterocycles. The number of urea groups is 1. The number of ether oxygens (including phenoxy) is 1. The summed E-state index contributed by atoms with van der Waals surface area (Å²) in [4.78, 5) is 18.7. The second kappa shape index (κ2) is 6.09. The van der Waals surface area contributed by atoms with E-state index in [0.717, 1.165) is 24.3 Å². The molecule has 0 aromatic carbocycles. The van der Waals surface area contributed by atoms with Gasteiger partial charge in [-0.15, -0.1) is 0 Å². The highest BCUT2D eigenvalue weighted by molar-refractivity contribution is 5.90. The van der Waals surface area contributed by atoms with Gasteiger partial charge in [0.25, 0.3) is 0 Å². The molecule has 1 aliphatic rings. The molecule has 2 aromatic rings. The third-order valence-corrected chi connectivity index (χ3v) is 3.83. The molecule has 1 saturated heterocycles. The molecule has 0 spiro atoms. The topological polar surface area (TPSA) is 67.6 Å². The lowest BCUT2D eigenvalue weighted by Crippen LogP contribution is -2.34. The van der Waals surface area contributed by atoms with E-state index in [9.17, 15) is 4.79 Å². The average Bonchev–Trinajstić information content (AvgIpc) is 3.18. The molecule has 116 valence electrons. The minimum atomic E-state index is -0.185. The number of likely N-dealkylation sites (tertiary alicyclic amines) is 1. The number of nitrogens with one attached hydrogen (secondary N) is 1. The van der Waals surface area contributed by atoms with Crippen LogP contribution in [-0.4, -0.2) is 29.6 Å². The molecule has 0 aliphatic carbocycles. The Hall–Kier alpha value is -2.50. The molecule has 0 bridgehead atoms. The van der Waals surface area contributed by atoms with Crippen molar-refractivity contribution in [2.75, 3.05) is 19.0 Å². The first kappa shape index (κ1) is 14.4. The molecule has 1 fully saturated rings. The van der Waals surface area contributed by atoms with Gasteiger partial charge in [0.15, 0.2) is 11.6 Å². The molecule has 0 saturated carbocycles. The molecule has 1 N–H and O–H groups in total. The van der Waals surface area contributed by atoms with E-state index >= 15 is 0 Å². The van der Waals surface area contributed by atoms with Crippen LogP contribution in [0.4, 0.5) is 10.6 Å². The quantitative estimate of drug-likeness (QED) is 0.944. The Balaban J connectivity index is 1.78. The second-order valence-electron chi connectivity index (χ2n) is 5.30. The SMILES string of the molecule is COc1ccc(C)nc1NC(=O)N1CCCC1c1ccco1. The maximum Gasteiger partial charge on any atom is 0.323 e. The fourth-order valence-corrected chi connectivity index (χ4v) is 2.76. The lowest BCUT2D eigenvalue weighted by molar-refractivity contribution is 0.199. The van der Waals surface area contributed by atoms with Crippen LogP contribution in [0.3, 0.4) is 0 Å². The van der Waals surface area contributed by atoms with Crippen molar-refractivity contribution in [2.24, 2.45) is 0 Å². The number of amides is 2. The number of nitrogens with zero attached hydrogens (tertiary/aromatic N) is 2. The standard InChI is InChI=1S/C16H19N3O3/c1-11-7-8-14(21-2)15(17-11)18-16(20)19-9-3-5-12(19)13-6-4-10-22-13/h4,6-8,10,12H,3,5,9H2,1-2H3,(H,17,18,20). The highest BCUT2D eigenvalue weighted by atomic mass is 16.5. The first-order valence-electron chi connectivity index (χ1n) is 7.31. The first-order chi connectivity index (χ1) is 10.7. The van der Waals surface area contributed by atoms with Crippen LogP contribution in [0.15, 0.2) is 34.9 Å². The second-order valence-corrected chi connectivity index (χ2v) is 5.30. The maximum atomic E-state index is 12.6. The number of aryl methyl sites for hydroxylation is 1. The van der Waals surface area contributed by atoms with Gasteiger partial charge < -0.3 is 14.1 Å². The van der Waals surface area contributed by atoms with Gasteiger partial charge in [0.1, 0.15) is 5.76 Å². The predicted octanol–water partition coefficient (Wildman–Crippen LogP) is 3.36. The number of carbonyl (C=O) groups excluding carboxylic acids is 1. The molecular formula is C16H19N3O3. The predicted molar refractivity (Wildman–Crippen MR) is 81.9 cm³/mol. The summed E-state index contributed by atoms with van der Waals surface area (Å²) >= 11 is 0. The van der Waals surface area contributed by atoms with Gasteiger partial charge in [-0.25, -0.2) is 9.78 Å². The number of furan rings is 1. The Labute approximate surface area is 129 Å². The van der Waals surface area contributed by atoms with Gasteiger partial charge in [0, 0.05) is 12.2 Å². The van der Waals surface area contributed by atoms with Gasteiger partial charge in [0.05, 0.1) is 19.4 Å². The number of hydrogen-bond acceptors (Lipinski definition) is 4. The zero-order chi connectivity index (χ0) is 15.5. The molecule has 1 unspecified atom stereocenters. The van der Waals surface area contributed by atoms with E-state index in [1.165, 1.54) is 0 Å². The van der Waals surface area contributed by atoms with Gasteiger partial charge in [-0.3, -0.25) is 5.32 Å². The molecule has 1 atom stereocenters. The van der Waals surface area contributed by atoms with Crippen molar-refractivity contribution in [3.63, 3.8) is 0 Å². The van der Waals surface area contributed by atoms with E-state index in [0.29, 0.717) is 18.1 Å². The lowest BCUT2D eigenvalue weighted by Gasteiger charge is -2.23. The van der Waals surface area contributed by atoms with E-state index in [1.54, 1.807) is 24.3 Å². The Kier molecular flexibility index (Phi) is 4.00. The van der Waals surface area contributed by atoms with Crippen molar-refractivity contribution in [3.05, 3.63) is 42.0 Å². The Bertz CT molecular complexity index is 655. The first-order valence-corrected chi connectivity index (χ1v) is 7.31. The van der Waals surface area contributed by atoms with Gasteiger partial charge in [0.2, 0.25) is 0 Å². The van der Waals surface area contributed by atoms with E-state index in [-0.39, 0.29) is 12.1 Å². The van der Waals surface area contributed by atoms with Crippen LogP contribution in [0.1, 0.15) is 30.3 Å². The molecule has 22 heavy (non-hydrogen) atoms. The van der Waals surface area contributed by atoms with Crippen molar-refractivity contribution in [3.8, 4) is 5.75 Å². The Morgan fingerprint density at radius 3 is 3.05 bits per heavy atom. The number of hydrogen-bond donors (Lipinski definition) is 1. The summed E-state index contributed by atoms with van der Waals surface area (Å²) < 4.78 is 10.7. The number of carbonyl (C=O) groups is 1. The zero-order valence-electron chi connectivity index (χ0n) is 12.7. The monoisotopic (exact) mass is 301 g/mol. The van der Waals surface area contributed by atoms with Crippen LogP contribution >= 0.6 is 0 Å². The molecule has 1 aliphatic heterocycles. The summed E-state index contributed by atoms with van der Waals surface area (Å²) in [6, 6.07) is 7.18. The zero-order valence-corrected chi connectivity index (χ0v) is 12.7. The highest BCUT2D eigenvalue weighted by Gasteiger charge is 2.32. The number of rotatable bonds is 3. The van der Waals surface area contributed by atoms with Crippen molar-refractivity contribution in [1.82, 2.24) is 9.88 Å². The summed E-state index contributed by atoms with van der Waals surface area (Å²) in [6.45, 7) is 2.57. The minimum Gasteiger partial charge on any atom is -0.493 e. The molecule has 6 heteroatoms. The smallest absolute Gasteiger partial charge is 0.323 e. The molecule has 0 radical (unpaired) electrons. The van der Waals surface area contributed by atoms with Crippen LogP contribution in [0.25, 0.3) is 0 Å². The molecular weight excluding hydrogens is 282 g/mol. The van der Waals surface area contributed by atoms with E-state index in [1.807, 2.05) is 25.1 Å².